The maximum Gasteiger partial charge on any atom is 0.332 e. The lowest BCUT2D eigenvalue weighted by atomic mass is 10.0. The van der Waals surface area contributed by atoms with E-state index in [1.54, 1.807) is 0 Å². The fraction of sp³-hybridized carbons (Fsp3) is 0.714. The quantitative estimate of drug-likeness (QED) is 0.612. The maximum absolute atomic E-state index is 12.2. The lowest BCUT2D eigenvalue weighted by Crippen LogP contribution is -2.53. The molecule has 0 aromatic carbocycles. The number of rotatable bonds is 1. The molecular formula is C14H18N4O4. The van der Waals surface area contributed by atoms with Gasteiger partial charge in [-0.15, -0.1) is 0 Å². The van der Waals surface area contributed by atoms with Gasteiger partial charge in [0.05, 0.1) is 13.1 Å². The Labute approximate surface area is 126 Å². The highest BCUT2D eigenvalue weighted by molar-refractivity contribution is 5.81. The summed E-state index contributed by atoms with van der Waals surface area (Å²) in [4.78, 5) is 38.0. The summed E-state index contributed by atoms with van der Waals surface area (Å²) < 4.78 is 8.41. The Balaban J connectivity index is 1.62. The van der Waals surface area contributed by atoms with Gasteiger partial charge in [0.25, 0.3) is 0 Å². The second-order valence-electron chi connectivity index (χ2n) is 6.49. The topological polar surface area (TPSA) is 86.4 Å². The lowest BCUT2D eigenvalue weighted by molar-refractivity contribution is -0.134. The van der Waals surface area contributed by atoms with Crippen molar-refractivity contribution in [2.75, 3.05) is 13.1 Å². The van der Waals surface area contributed by atoms with Crippen LogP contribution in [-0.2, 0) is 29.7 Å². The Kier molecular flexibility index (Phi) is 2.81. The molecule has 2 fully saturated rings. The number of ether oxygens (including phenoxy) is 1. The maximum atomic E-state index is 12.2. The summed E-state index contributed by atoms with van der Waals surface area (Å²) in [6, 6.07) is 0. The Morgan fingerprint density at radius 1 is 1.27 bits per heavy atom. The molecule has 22 heavy (non-hydrogen) atoms. The van der Waals surface area contributed by atoms with Crippen LogP contribution in [0.2, 0.25) is 0 Å². The minimum atomic E-state index is -0.635. The second kappa shape index (κ2) is 4.52. The monoisotopic (exact) mass is 306 g/mol. The number of aryl methyl sites for hydroxylation is 1. The zero-order valence-corrected chi connectivity index (χ0v) is 12.4. The molecule has 1 aliphatic carbocycles. The third-order valence-corrected chi connectivity index (χ3v) is 4.81. The predicted octanol–water partition coefficient (Wildman–Crippen LogP) is -1.15. The fourth-order valence-corrected chi connectivity index (χ4v) is 3.33. The molecule has 0 N–H and O–H groups in total. The summed E-state index contributed by atoms with van der Waals surface area (Å²) in [6.45, 7) is 1.62. The molecule has 1 aromatic rings. The SMILES string of the molecule is Cn1nc2n(c(=O)c1=O)C[C@@]1(CCN(C(=O)C3CC3)C1)OC2. The zero-order valence-electron chi connectivity index (χ0n) is 12.4. The van der Waals surface area contributed by atoms with E-state index in [0.29, 0.717) is 31.9 Å². The van der Waals surface area contributed by atoms with Crippen molar-refractivity contribution in [2.24, 2.45) is 13.0 Å². The number of amides is 1. The van der Waals surface area contributed by atoms with Crippen molar-refractivity contribution in [3.8, 4) is 0 Å². The molecule has 0 unspecified atom stereocenters. The molecule has 1 saturated heterocycles. The number of aromatic nitrogens is 3. The van der Waals surface area contributed by atoms with Crippen molar-refractivity contribution < 1.29 is 9.53 Å². The highest BCUT2D eigenvalue weighted by Crippen LogP contribution is 2.36. The molecule has 3 aliphatic rings. The van der Waals surface area contributed by atoms with Crippen LogP contribution in [-0.4, -0.2) is 43.8 Å². The highest BCUT2D eigenvalue weighted by atomic mass is 16.5. The first-order valence-corrected chi connectivity index (χ1v) is 7.59. The minimum Gasteiger partial charge on any atom is -0.363 e. The molecule has 1 amide bonds. The van der Waals surface area contributed by atoms with E-state index in [2.05, 4.69) is 5.10 Å². The van der Waals surface area contributed by atoms with E-state index < -0.39 is 16.7 Å². The van der Waals surface area contributed by atoms with Crippen LogP contribution < -0.4 is 11.1 Å². The number of hydrogen-bond donors (Lipinski definition) is 0. The number of nitrogens with zero attached hydrogens (tertiary/aromatic N) is 4. The molecule has 1 saturated carbocycles. The zero-order chi connectivity index (χ0) is 15.5. The van der Waals surface area contributed by atoms with Gasteiger partial charge in [-0.2, -0.15) is 5.10 Å². The van der Waals surface area contributed by atoms with Gasteiger partial charge in [-0.25, -0.2) is 4.68 Å². The third kappa shape index (κ3) is 2.01. The van der Waals surface area contributed by atoms with Gasteiger partial charge in [0.1, 0.15) is 12.2 Å². The molecule has 8 nitrogen and oxygen atoms in total. The molecule has 2 aliphatic heterocycles. The first kappa shape index (κ1) is 13.7. The predicted molar refractivity (Wildman–Crippen MR) is 75.2 cm³/mol. The largest absolute Gasteiger partial charge is 0.363 e. The van der Waals surface area contributed by atoms with Gasteiger partial charge < -0.3 is 9.64 Å². The summed E-state index contributed by atoms with van der Waals surface area (Å²) in [6.07, 6.45) is 2.64. The summed E-state index contributed by atoms with van der Waals surface area (Å²) in [7, 11) is 1.46. The van der Waals surface area contributed by atoms with Crippen molar-refractivity contribution in [1.29, 1.82) is 0 Å². The first-order chi connectivity index (χ1) is 10.5. The first-order valence-electron chi connectivity index (χ1n) is 7.59. The van der Waals surface area contributed by atoms with Crippen molar-refractivity contribution in [1.82, 2.24) is 19.2 Å². The molecule has 1 aromatic heterocycles. The van der Waals surface area contributed by atoms with Crippen LogP contribution in [0.3, 0.4) is 0 Å². The Bertz CT molecular complexity index is 763. The van der Waals surface area contributed by atoms with Crippen molar-refractivity contribution in [3.05, 3.63) is 26.5 Å². The molecule has 4 rings (SSSR count). The highest BCUT2D eigenvalue weighted by Gasteiger charge is 2.46. The summed E-state index contributed by atoms with van der Waals surface area (Å²) >= 11 is 0. The fourth-order valence-electron chi connectivity index (χ4n) is 3.33. The van der Waals surface area contributed by atoms with Crippen LogP contribution in [0.15, 0.2) is 9.59 Å². The lowest BCUT2D eigenvalue weighted by Gasteiger charge is -2.35. The van der Waals surface area contributed by atoms with Gasteiger partial charge in [-0.05, 0) is 19.3 Å². The molecular weight excluding hydrogens is 288 g/mol. The number of fused-ring (bicyclic) bond motifs is 1. The van der Waals surface area contributed by atoms with Crippen LogP contribution in [0.25, 0.3) is 0 Å². The number of likely N-dealkylation sites (tertiary alicyclic amines) is 1. The van der Waals surface area contributed by atoms with Gasteiger partial charge in [0.2, 0.25) is 5.91 Å². The van der Waals surface area contributed by atoms with E-state index in [0.717, 1.165) is 17.5 Å². The molecule has 1 spiro atoms. The second-order valence-corrected chi connectivity index (χ2v) is 6.49. The van der Waals surface area contributed by atoms with Crippen molar-refractivity contribution in [2.45, 2.75) is 38.0 Å². The Morgan fingerprint density at radius 2 is 2.05 bits per heavy atom. The van der Waals surface area contributed by atoms with E-state index in [9.17, 15) is 14.4 Å². The number of carbonyl (C=O) groups excluding carboxylic acids is 1. The summed E-state index contributed by atoms with van der Waals surface area (Å²) in [5.41, 5.74) is -1.76. The average Bonchev–Trinajstić information content (AvgIpc) is 3.28. The van der Waals surface area contributed by atoms with Gasteiger partial charge in [-0.1, -0.05) is 0 Å². The standard InChI is InChI=1S/C14H18N4O4/c1-16-12(20)13(21)18-8-14(22-6-10(18)15-16)4-5-17(7-14)11(19)9-2-3-9/h9H,2-8H2,1H3/t14-/m0/s1. The van der Waals surface area contributed by atoms with E-state index in [-0.39, 0.29) is 18.4 Å². The normalized spacial score (nSPS) is 27.2. The minimum absolute atomic E-state index is 0.183. The molecule has 1 atom stereocenters. The van der Waals surface area contributed by atoms with Crippen molar-refractivity contribution in [3.63, 3.8) is 0 Å². The number of carbonyl (C=O) groups is 1. The molecule has 118 valence electrons. The van der Waals surface area contributed by atoms with Crippen LogP contribution in [0.1, 0.15) is 25.1 Å². The van der Waals surface area contributed by atoms with Crippen LogP contribution in [0.4, 0.5) is 0 Å². The van der Waals surface area contributed by atoms with Crippen LogP contribution in [0.5, 0.6) is 0 Å². The van der Waals surface area contributed by atoms with Crippen LogP contribution in [0, 0.1) is 5.92 Å². The average molecular weight is 306 g/mol. The van der Waals surface area contributed by atoms with Crippen LogP contribution >= 0.6 is 0 Å². The van der Waals surface area contributed by atoms with E-state index in [1.165, 1.54) is 11.6 Å². The Morgan fingerprint density at radius 3 is 2.77 bits per heavy atom. The van der Waals surface area contributed by atoms with E-state index in [4.69, 9.17) is 4.74 Å². The van der Waals surface area contributed by atoms with Gasteiger partial charge >= 0.3 is 11.1 Å². The van der Waals surface area contributed by atoms with E-state index in [1.807, 2.05) is 4.90 Å². The molecule has 3 heterocycles. The van der Waals surface area contributed by atoms with Gasteiger partial charge in [0.15, 0.2) is 5.82 Å². The van der Waals surface area contributed by atoms with Gasteiger partial charge in [-0.3, -0.25) is 19.0 Å². The summed E-state index contributed by atoms with van der Waals surface area (Å²) in [5, 5.41) is 4.08. The molecule has 0 radical (unpaired) electrons. The van der Waals surface area contributed by atoms with Gasteiger partial charge in [0, 0.05) is 19.5 Å². The van der Waals surface area contributed by atoms with Crippen molar-refractivity contribution >= 4 is 5.91 Å². The van der Waals surface area contributed by atoms with E-state index >= 15 is 0 Å². The third-order valence-electron chi connectivity index (χ3n) is 4.81. The number of hydrogen-bond acceptors (Lipinski definition) is 5. The summed E-state index contributed by atoms with van der Waals surface area (Å²) in [5.74, 6) is 0.841. The Hall–Kier alpha value is -1.96. The molecule has 0 bridgehead atoms. The molecule has 8 heteroatoms. The smallest absolute Gasteiger partial charge is 0.332 e.